The van der Waals surface area contributed by atoms with E-state index >= 15 is 0 Å². The van der Waals surface area contributed by atoms with Crippen molar-refractivity contribution in [2.24, 2.45) is 16.8 Å². The first-order valence-electron chi connectivity index (χ1n) is 6.37. The smallest absolute Gasteiger partial charge is 0.170 e. The van der Waals surface area contributed by atoms with Gasteiger partial charge in [-0.05, 0) is 37.5 Å². The molecule has 0 aliphatic rings. The highest BCUT2D eigenvalue weighted by Crippen LogP contribution is 2.23. The summed E-state index contributed by atoms with van der Waals surface area (Å²) in [4.78, 5) is 1.91. The Kier molecular flexibility index (Phi) is 5.15. The standard InChI is InChI=1S/C14H22FN3O/c1-9(2)7-10(3)18(4)13-6-5-11(8-12(13)15)14(16)17-19/h5-6,8-10,19H,7H2,1-4H3,(H2,16,17). The summed E-state index contributed by atoms with van der Waals surface area (Å²) in [7, 11) is 1.87. The molecule has 0 radical (unpaired) electrons. The molecule has 1 aromatic carbocycles. The third-order valence-corrected chi connectivity index (χ3v) is 3.20. The molecule has 0 spiro atoms. The Morgan fingerprint density at radius 3 is 2.53 bits per heavy atom. The molecule has 1 aromatic rings. The van der Waals surface area contributed by atoms with Gasteiger partial charge in [-0.1, -0.05) is 19.0 Å². The van der Waals surface area contributed by atoms with E-state index in [2.05, 4.69) is 25.9 Å². The second kappa shape index (κ2) is 6.41. The fourth-order valence-corrected chi connectivity index (χ4v) is 2.09. The predicted octanol–water partition coefficient (Wildman–Crippen LogP) is 2.79. The van der Waals surface area contributed by atoms with E-state index in [0.29, 0.717) is 17.2 Å². The number of amidine groups is 1. The number of nitrogens with two attached hydrogens (primary N) is 1. The molecule has 0 aliphatic heterocycles. The minimum absolute atomic E-state index is 0.0941. The van der Waals surface area contributed by atoms with Crippen LogP contribution < -0.4 is 10.6 Å². The lowest BCUT2D eigenvalue weighted by Crippen LogP contribution is -2.30. The normalized spacial score (nSPS) is 13.7. The Hall–Kier alpha value is -1.78. The van der Waals surface area contributed by atoms with Crippen LogP contribution in [0.15, 0.2) is 23.4 Å². The van der Waals surface area contributed by atoms with Gasteiger partial charge in [0.15, 0.2) is 5.84 Å². The molecule has 0 amide bonds. The van der Waals surface area contributed by atoms with Crippen molar-refractivity contribution in [1.82, 2.24) is 0 Å². The van der Waals surface area contributed by atoms with E-state index < -0.39 is 0 Å². The second-order valence-electron chi connectivity index (χ2n) is 5.24. The molecule has 4 nitrogen and oxygen atoms in total. The number of hydrogen-bond donors (Lipinski definition) is 2. The van der Waals surface area contributed by atoms with E-state index in [1.165, 1.54) is 6.07 Å². The van der Waals surface area contributed by atoms with E-state index in [0.717, 1.165) is 6.42 Å². The summed E-state index contributed by atoms with van der Waals surface area (Å²) in [6.45, 7) is 6.35. The molecule has 0 heterocycles. The third kappa shape index (κ3) is 3.84. The molecule has 5 heteroatoms. The fraction of sp³-hybridized carbons (Fsp3) is 0.500. The van der Waals surface area contributed by atoms with Crippen molar-refractivity contribution in [3.05, 3.63) is 29.6 Å². The van der Waals surface area contributed by atoms with Gasteiger partial charge in [0.1, 0.15) is 5.82 Å². The van der Waals surface area contributed by atoms with Gasteiger partial charge in [-0.25, -0.2) is 4.39 Å². The average Bonchev–Trinajstić information content (AvgIpc) is 2.36. The number of benzene rings is 1. The third-order valence-electron chi connectivity index (χ3n) is 3.20. The minimum atomic E-state index is -0.373. The molecule has 106 valence electrons. The van der Waals surface area contributed by atoms with Gasteiger partial charge in [0.05, 0.1) is 5.69 Å². The molecule has 3 N–H and O–H groups in total. The topological polar surface area (TPSA) is 61.8 Å². The molecule has 0 saturated heterocycles. The van der Waals surface area contributed by atoms with Crippen LogP contribution in [0.4, 0.5) is 10.1 Å². The first kappa shape index (κ1) is 15.3. The maximum atomic E-state index is 14.1. The Labute approximate surface area is 113 Å². The van der Waals surface area contributed by atoms with Gasteiger partial charge in [-0.15, -0.1) is 0 Å². The Morgan fingerprint density at radius 2 is 2.05 bits per heavy atom. The van der Waals surface area contributed by atoms with Crippen LogP contribution in [0.3, 0.4) is 0 Å². The molecule has 1 unspecified atom stereocenters. The summed E-state index contributed by atoms with van der Waals surface area (Å²) in [6, 6.07) is 4.82. The first-order valence-corrected chi connectivity index (χ1v) is 6.37. The van der Waals surface area contributed by atoms with E-state index in [4.69, 9.17) is 10.9 Å². The van der Waals surface area contributed by atoms with Gasteiger partial charge in [0.25, 0.3) is 0 Å². The molecular formula is C14H22FN3O. The van der Waals surface area contributed by atoms with Gasteiger partial charge < -0.3 is 15.8 Å². The Balaban J connectivity index is 2.96. The highest BCUT2D eigenvalue weighted by atomic mass is 19.1. The van der Waals surface area contributed by atoms with Crippen molar-refractivity contribution in [2.75, 3.05) is 11.9 Å². The van der Waals surface area contributed by atoms with Crippen LogP contribution >= 0.6 is 0 Å². The van der Waals surface area contributed by atoms with Gasteiger partial charge in [0.2, 0.25) is 0 Å². The summed E-state index contributed by atoms with van der Waals surface area (Å²) >= 11 is 0. The van der Waals surface area contributed by atoms with Gasteiger partial charge in [-0.3, -0.25) is 0 Å². The molecule has 1 rings (SSSR count). The molecular weight excluding hydrogens is 245 g/mol. The summed E-state index contributed by atoms with van der Waals surface area (Å²) < 4.78 is 14.1. The van der Waals surface area contributed by atoms with E-state index in [1.807, 2.05) is 11.9 Å². The zero-order valence-electron chi connectivity index (χ0n) is 11.9. The summed E-state index contributed by atoms with van der Waals surface area (Å²) in [5, 5.41) is 11.4. The van der Waals surface area contributed by atoms with Crippen molar-refractivity contribution < 1.29 is 9.60 Å². The monoisotopic (exact) mass is 267 g/mol. The van der Waals surface area contributed by atoms with E-state index in [1.54, 1.807) is 12.1 Å². The van der Waals surface area contributed by atoms with Crippen LogP contribution in [-0.4, -0.2) is 24.1 Å². The van der Waals surface area contributed by atoms with Crippen molar-refractivity contribution in [1.29, 1.82) is 0 Å². The zero-order chi connectivity index (χ0) is 14.6. The highest BCUT2D eigenvalue weighted by molar-refractivity contribution is 5.97. The van der Waals surface area contributed by atoms with Crippen LogP contribution in [-0.2, 0) is 0 Å². The Morgan fingerprint density at radius 1 is 1.42 bits per heavy atom. The number of anilines is 1. The molecule has 19 heavy (non-hydrogen) atoms. The quantitative estimate of drug-likeness (QED) is 0.373. The lowest BCUT2D eigenvalue weighted by molar-refractivity contribution is 0.318. The molecule has 1 atom stereocenters. The van der Waals surface area contributed by atoms with Crippen LogP contribution in [0.5, 0.6) is 0 Å². The van der Waals surface area contributed by atoms with E-state index in [9.17, 15) is 4.39 Å². The largest absolute Gasteiger partial charge is 0.409 e. The van der Waals surface area contributed by atoms with Gasteiger partial charge in [-0.2, -0.15) is 0 Å². The van der Waals surface area contributed by atoms with Crippen molar-refractivity contribution in [2.45, 2.75) is 33.2 Å². The minimum Gasteiger partial charge on any atom is -0.409 e. The van der Waals surface area contributed by atoms with Crippen LogP contribution in [0.1, 0.15) is 32.8 Å². The average molecular weight is 267 g/mol. The Bertz CT molecular complexity index is 460. The maximum Gasteiger partial charge on any atom is 0.170 e. The van der Waals surface area contributed by atoms with Crippen LogP contribution in [0.2, 0.25) is 0 Å². The second-order valence-corrected chi connectivity index (χ2v) is 5.24. The highest BCUT2D eigenvalue weighted by Gasteiger charge is 2.16. The molecule has 0 fully saturated rings. The summed E-state index contributed by atoms with van der Waals surface area (Å²) in [5.41, 5.74) is 6.32. The summed E-state index contributed by atoms with van der Waals surface area (Å²) in [5.74, 6) is 0.0856. The van der Waals surface area contributed by atoms with Crippen LogP contribution in [0, 0.1) is 11.7 Å². The number of nitrogens with zero attached hydrogens (tertiary/aromatic N) is 2. The van der Waals surface area contributed by atoms with Gasteiger partial charge >= 0.3 is 0 Å². The first-order chi connectivity index (χ1) is 8.86. The van der Waals surface area contributed by atoms with Gasteiger partial charge in [0, 0.05) is 18.7 Å². The fourth-order valence-electron chi connectivity index (χ4n) is 2.09. The molecule has 0 bridgehead atoms. The lowest BCUT2D eigenvalue weighted by Gasteiger charge is -2.28. The predicted molar refractivity (Wildman–Crippen MR) is 76.2 cm³/mol. The summed E-state index contributed by atoms with van der Waals surface area (Å²) in [6.07, 6.45) is 0.984. The molecule has 0 saturated carbocycles. The number of halogens is 1. The lowest BCUT2D eigenvalue weighted by atomic mass is 10.0. The van der Waals surface area contributed by atoms with Crippen molar-refractivity contribution in [3.8, 4) is 0 Å². The molecule has 0 aliphatic carbocycles. The van der Waals surface area contributed by atoms with Crippen molar-refractivity contribution >= 4 is 11.5 Å². The van der Waals surface area contributed by atoms with Crippen LogP contribution in [0.25, 0.3) is 0 Å². The number of hydrogen-bond acceptors (Lipinski definition) is 3. The van der Waals surface area contributed by atoms with E-state index in [-0.39, 0.29) is 17.7 Å². The number of oxime groups is 1. The SMILES string of the molecule is CC(C)CC(C)N(C)c1ccc(C(N)=NO)cc1F. The molecule has 0 aromatic heterocycles. The zero-order valence-corrected chi connectivity index (χ0v) is 11.9. The van der Waals surface area contributed by atoms with Crippen molar-refractivity contribution in [3.63, 3.8) is 0 Å². The number of rotatable bonds is 5. The maximum absolute atomic E-state index is 14.1.